The molecule has 1 saturated carbocycles. The Hall–Kier alpha value is -1.37. The lowest BCUT2D eigenvalue weighted by Crippen LogP contribution is -2.46. The highest BCUT2D eigenvalue weighted by molar-refractivity contribution is 5.90. The molecule has 1 aromatic rings. The van der Waals surface area contributed by atoms with Gasteiger partial charge in [-0.25, -0.2) is 5.84 Å². The minimum atomic E-state index is -0.384. The molecule has 2 heterocycles. The molecule has 104 valence electrons. The molecule has 3 rings (SSSR count). The number of nitrogen functional groups attached to an aromatic ring is 1. The first-order valence-electron chi connectivity index (χ1n) is 6.82. The molecular weight excluding hydrogens is 244 g/mol. The Morgan fingerprint density at radius 1 is 1.32 bits per heavy atom. The first-order chi connectivity index (χ1) is 9.26. The molecule has 0 spiro atoms. The van der Waals surface area contributed by atoms with Crippen molar-refractivity contribution in [1.29, 1.82) is 0 Å². The quantitative estimate of drug-likeness (QED) is 0.460. The van der Waals surface area contributed by atoms with E-state index in [2.05, 4.69) is 15.2 Å². The Morgan fingerprint density at radius 3 is 2.68 bits per heavy atom. The zero-order chi connectivity index (χ0) is 13.2. The molecule has 1 aliphatic heterocycles. The van der Waals surface area contributed by atoms with Gasteiger partial charge in [-0.05, 0) is 25.0 Å². The van der Waals surface area contributed by atoms with Crippen LogP contribution in [0.3, 0.4) is 0 Å². The molecule has 3 N–H and O–H groups in total. The number of furan rings is 1. The van der Waals surface area contributed by atoms with E-state index in [1.165, 1.54) is 12.8 Å². The van der Waals surface area contributed by atoms with Gasteiger partial charge in [0.1, 0.15) is 5.76 Å². The minimum absolute atomic E-state index is 0.272. The Bertz CT molecular complexity index is 447. The van der Waals surface area contributed by atoms with Crippen molar-refractivity contribution in [3.05, 3.63) is 23.7 Å². The molecule has 2 aliphatic rings. The van der Waals surface area contributed by atoms with Crippen LogP contribution < -0.4 is 11.3 Å². The van der Waals surface area contributed by atoms with Crippen LogP contribution in [0, 0.1) is 0 Å². The predicted molar refractivity (Wildman–Crippen MR) is 70.2 cm³/mol. The van der Waals surface area contributed by atoms with Crippen molar-refractivity contribution in [2.75, 3.05) is 26.2 Å². The fraction of sp³-hybridized carbons (Fsp3) is 0.615. The lowest BCUT2D eigenvalue weighted by molar-refractivity contribution is 0.0914. The highest BCUT2D eigenvalue weighted by Crippen LogP contribution is 2.27. The molecule has 1 aliphatic carbocycles. The van der Waals surface area contributed by atoms with Gasteiger partial charge in [-0.2, -0.15) is 0 Å². The fourth-order valence-electron chi connectivity index (χ4n) is 2.60. The van der Waals surface area contributed by atoms with Gasteiger partial charge >= 0.3 is 5.91 Å². The van der Waals surface area contributed by atoms with Crippen molar-refractivity contribution in [1.82, 2.24) is 15.2 Å². The van der Waals surface area contributed by atoms with Crippen LogP contribution in [-0.2, 0) is 6.54 Å². The second-order valence-electron chi connectivity index (χ2n) is 5.28. The maximum Gasteiger partial charge on any atom is 0.300 e. The Kier molecular flexibility index (Phi) is 3.54. The van der Waals surface area contributed by atoms with E-state index in [-0.39, 0.29) is 11.7 Å². The average molecular weight is 264 g/mol. The highest BCUT2D eigenvalue weighted by Gasteiger charge is 2.31. The van der Waals surface area contributed by atoms with E-state index >= 15 is 0 Å². The smallest absolute Gasteiger partial charge is 0.300 e. The van der Waals surface area contributed by atoms with Gasteiger partial charge in [-0.3, -0.25) is 20.0 Å². The molecule has 2 fully saturated rings. The van der Waals surface area contributed by atoms with Gasteiger partial charge in [0.15, 0.2) is 5.76 Å². The second-order valence-corrected chi connectivity index (χ2v) is 5.28. The number of nitrogens with one attached hydrogen (secondary N) is 1. The summed E-state index contributed by atoms with van der Waals surface area (Å²) in [4.78, 5) is 16.2. The maximum absolute atomic E-state index is 11.3. The van der Waals surface area contributed by atoms with Crippen molar-refractivity contribution in [2.24, 2.45) is 5.84 Å². The van der Waals surface area contributed by atoms with Crippen LogP contribution >= 0.6 is 0 Å². The number of rotatable bonds is 4. The Balaban J connectivity index is 1.51. The number of hydrazine groups is 1. The number of nitrogens with zero attached hydrogens (tertiary/aromatic N) is 2. The van der Waals surface area contributed by atoms with Crippen LogP contribution in [0.5, 0.6) is 0 Å². The average Bonchev–Trinajstić information content (AvgIpc) is 3.19. The van der Waals surface area contributed by atoms with Crippen molar-refractivity contribution in [3.63, 3.8) is 0 Å². The summed E-state index contributed by atoms with van der Waals surface area (Å²) < 4.78 is 5.48. The van der Waals surface area contributed by atoms with Crippen molar-refractivity contribution >= 4 is 5.91 Å². The summed E-state index contributed by atoms with van der Waals surface area (Å²) in [6.07, 6.45) is 2.74. The molecule has 0 aromatic carbocycles. The first kappa shape index (κ1) is 12.7. The number of nitrogens with two attached hydrogens (primary N) is 1. The molecule has 6 nitrogen and oxygen atoms in total. The number of amides is 1. The van der Waals surface area contributed by atoms with Crippen LogP contribution in [-0.4, -0.2) is 47.9 Å². The monoisotopic (exact) mass is 264 g/mol. The van der Waals surface area contributed by atoms with Crippen LogP contribution in [0.15, 0.2) is 16.5 Å². The van der Waals surface area contributed by atoms with E-state index in [9.17, 15) is 4.79 Å². The third-order valence-corrected chi connectivity index (χ3v) is 3.87. The number of carbonyl (C=O) groups is 1. The molecule has 0 bridgehead atoms. The summed E-state index contributed by atoms with van der Waals surface area (Å²) in [6, 6.07) is 4.36. The van der Waals surface area contributed by atoms with E-state index in [0.29, 0.717) is 0 Å². The van der Waals surface area contributed by atoms with Crippen LogP contribution in [0.4, 0.5) is 0 Å². The Morgan fingerprint density at radius 2 is 2.05 bits per heavy atom. The largest absolute Gasteiger partial charge is 0.455 e. The van der Waals surface area contributed by atoms with Gasteiger partial charge in [0, 0.05) is 32.2 Å². The molecule has 1 saturated heterocycles. The topological polar surface area (TPSA) is 74.7 Å². The molecule has 6 heteroatoms. The van der Waals surface area contributed by atoms with E-state index < -0.39 is 0 Å². The summed E-state index contributed by atoms with van der Waals surface area (Å²) in [7, 11) is 0. The van der Waals surface area contributed by atoms with Gasteiger partial charge in [0.05, 0.1) is 6.54 Å². The van der Waals surface area contributed by atoms with Crippen molar-refractivity contribution < 1.29 is 9.21 Å². The number of piperazine rings is 1. The van der Waals surface area contributed by atoms with Crippen LogP contribution in [0.25, 0.3) is 0 Å². The van der Waals surface area contributed by atoms with E-state index in [1.54, 1.807) is 6.07 Å². The summed E-state index contributed by atoms with van der Waals surface area (Å²) in [5.74, 6) is 5.78. The third-order valence-electron chi connectivity index (χ3n) is 3.87. The van der Waals surface area contributed by atoms with Gasteiger partial charge in [0.25, 0.3) is 0 Å². The normalized spacial score (nSPS) is 21.5. The lowest BCUT2D eigenvalue weighted by atomic mass is 10.3. The summed E-state index contributed by atoms with van der Waals surface area (Å²) in [5.41, 5.74) is 2.07. The van der Waals surface area contributed by atoms with Crippen molar-refractivity contribution in [2.45, 2.75) is 25.4 Å². The molecule has 19 heavy (non-hydrogen) atoms. The Labute approximate surface area is 112 Å². The van der Waals surface area contributed by atoms with Gasteiger partial charge < -0.3 is 4.42 Å². The van der Waals surface area contributed by atoms with Crippen LogP contribution in [0.2, 0.25) is 0 Å². The highest BCUT2D eigenvalue weighted by atomic mass is 16.4. The molecule has 0 atom stereocenters. The summed E-state index contributed by atoms with van der Waals surface area (Å²) >= 11 is 0. The van der Waals surface area contributed by atoms with Gasteiger partial charge in [-0.1, -0.05) is 0 Å². The summed E-state index contributed by atoms with van der Waals surface area (Å²) in [6.45, 7) is 5.17. The SMILES string of the molecule is NNC(=O)c1ccc(CN2CCN(C3CC3)CC2)o1. The number of hydrogen-bond donors (Lipinski definition) is 2. The van der Waals surface area contributed by atoms with Gasteiger partial charge in [0.2, 0.25) is 0 Å². The zero-order valence-corrected chi connectivity index (χ0v) is 11.0. The van der Waals surface area contributed by atoms with E-state index in [1.807, 2.05) is 6.07 Å². The molecular formula is C13H20N4O2. The molecule has 0 radical (unpaired) electrons. The molecule has 1 aromatic heterocycles. The fourth-order valence-corrected chi connectivity index (χ4v) is 2.60. The maximum atomic E-state index is 11.3. The number of carbonyl (C=O) groups excluding carboxylic acids is 1. The second kappa shape index (κ2) is 5.32. The van der Waals surface area contributed by atoms with Crippen molar-refractivity contribution in [3.8, 4) is 0 Å². The standard InChI is InChI=1S/C13H20N4O2/c14-15-13(18)12-4-3-11(19-12)9-16-5-7-17(8-6-16)10-1-2-10/h3-4,10H,1-2,5-9,14H2,(H,15,18). The minimum Gasteiger partial charge on any atom is -0.455 e. The molecule has 0 unspecified atom stereocenters. The lowest BCUT2D eigenvalue weighted by Gasteiger charge is -2.34. The van der Waals surface area contributed by atoms with E-state index in [4.69, 9.17) is 10.3 Å². The van der Waals surface area contributed by atoms with Crippen LogP contribution in [0.1, 0.15) is 29.2 Å². The third kappa shape index (κ3) is 2.97. The molecule has 1 amide bonds. The number of hydrogen-bond acceptors (Lipinski definition) is 5. The predicted octanol–water partition coefficient (Wildman–Crippen LogP) is 0.163. The summed E-state index contributed by atoms with van der Waals surface area (Å²) in [5, 5.41) is 0. The first-order valence-corrected chi connectivity index (χ1v) is 6.82. The van der Waals surface area contributed by atoms with E-state index in [0.717, 1.165) is 44.5 Å². The van der Waals surface area contributed by atoms with Gasteiger partial charge in [-0.15, -0.1) is 0 Å². The zero-order valence-electron chi connectivity index (χ0n) is 11.0.